The fraction of sp³-hybridized carbons (Fsp3) is 0.320. The van der Waals surface area contributed by atoms with E-state index in [0.29, 0.717) is 12.1 Å². The summed E-state index contributed by atoms with van der Waals surface area (Å²) in [6.45, 7) is 4.27. The van der Waals surface area contributed by atoms with Crippen LogP contribution >= 0.6 is 0 Å². The largest absolute Gasteiger partial charge is 0.370 e. The number of hydrogen-bond donors (Lipinski definition) is 1. The smallest absolute Gasteiger partial charge is 0.253 e. The van der Waals surface area contributed by atoms with Crippen LogP contribution in [0.5, 0.6) is 0 Å². The van der Waals surface area contributed by atoms with E-state index in [1.807, 2.05) is 12.1 Å². The average molecular weight is 388 g/mol. The predicted octanol–water partition coefficient (Wildman–Crippen LogP) is 4.47. The highest BCUT2D eigenvalue weighted by atomic mass is 16.2. The van der Waals surface area contributed by atoms with E-state index in [9.17, 15) is 4.79 Å². The van der Waals surface area contributed by atoms with Gasteiger partial charge in [0.05, 0.1) is 0 Å². The summed E-state index contributed by atoms with van der Waals surface area (Å²) in [7, 11) is 3.56. The molecular weight excluding hydrogens is 358 g/mol. The van der Waals surface area contributed by atoms with Crippen LogP contribution < -0.4 is 10.2 Å². The molecule has 3 aromatic carbocycles. The Labute approximate surface area is 173 Å². The van der Waals surface area contributed by atoms with E-state index in [0.717, 1.165) is 25.1 Å². The Morgan fingerprint density at radius 2 is 1.76 bits per heavy atom. The second-order valence-electron chi connectivity index (χ2n) is 8.13. The molecule has 0 spiro atoms. The van der Waals surface area contributed by atoms with Crippen LogP contribution in [0, 0.1) is 0 Å². The maximum atomic E-state index is 12.1. The molecule has 3 aromatic rings. The molecule has 1 aliphatic rings. The third-order valence-corrected chi connectivity index (χ3v) is 5.85. The molecule has 4 nitrogen and oxygen atoms in total. The Kier molecular flexibility index (Phi) is 5.54. The molecule has 1 fully saturated rings. The summed E-state index contributed by atoms with van der Waals surface area (Å²) in [6.07, 6.45) is 1.12. The average Bonchev–Trinajstić information content (AvgIpc) is 3.21. The molecule has 1 unspecified atom stereocenters. The van der Waals surface area contributed by atoms with Crippen LogP contribution in [0.4, 0.5) is 5.69 Å². The first-order valence-electron chi connectivity index (χ1n) is 10.3. The summed E-state index contributed by atoms with van der Waals surface area (Å²) in [5.74, 6) is 0.0430. The lowest BCUT2D eigenvalue weighted by atomic mass is 9.99. The maximum Gasteiger partial charge on any atom is 0.253 e. The Bertz CT molecular complexity index is 991. The van der Waals surface area contributed by atoms with Gasteiger partial charge in [-0.25, -0.2) is 0 Å². The molecule has 0 saturated carbocycles. The quantitative estimate of drug-likeness (QED) is 0.702. The Hall–Kier alpha value is -2.85. The molecule has 150 valence electrons. The number of anilines is 1. The van der Waals surface area contributed by atoms with Gasteiger partial charge in [0.25, 0.3) is 5.91 Å². The molecule has 1 N–H and O–H groups in total. The first-order chi connectivity index (χ1) is 14.0. The van der Waals surface area contributed by atoms with Crippen molar-refractivity contribution in [2.75, 3.05) is 32.1 Å². The monoisotopic (exact) mass is 387 g/mol. The van der Waals surface area contributed by atoms with Gasteiger partial charge in [0.1, 0.15) is 0 Å². The zero-order chi connectivity index (χ0) is 20.4. The molecule has 4 rings (SSSR count). The molecule has 2 atom stereocenters. The van der Waals surface area contributed by atoms with Crippen LogP contribution in [-0.4, -0.2) is 44.0 Å². The molecule has 1 saturated heterocycles. The van der Waals surface area contributed by atoms with Gasteiger partial charge in [0, 0.05) is 50.5 Å². The van der Waals surface area contributed by atoms with E-state index in [1.54, 1.807) is 19.0 Å². The molecule has 1 aliphatic heterocycles. The third-order valence-electron chi connectivity index (χ3n) is 5.85. The van der Waals surface area contributed by atoms with Gasteiger partial charge in [0.2, 0.25) is 0 Å². The van der Waals surface area contributed by atoms with E-state index in [-0.39, 0.29) is 5.91 Å². The Morgan fingerprint density at radius 1 is 1.03 bits per heavy atom. The zero-order valence-electron chi connectivity index (χ0n) is 17.4. The molecule has 0 bridgehead atoms. The van der Waals surface area contributed by atoms with Crippen molar-refractivity contribution in [2.45, 2.75) is 25.4 Å². The van der Waals surface area contributed by atoms with Crippen molar-refractivity contribution < 1.29 is 4.79 Å². The minimum absolute atomic E-state index is 0.0430. The number of fused-ring (bicyclic) bond motifs is 1. The summed E-state index contributed by atoms with van der Waals surface area (Å²) in [5.41, 5.74) is 3.27. The van der Waals surface area contributed by atoms with Gasteiger partial charge < -0.3 is 15.1 Å². The number of carbonyl (C=O) groups excluding carboxylic acids is 1. The zero-order valence-corrected chi connectivity index (χ0v) is 17.4. The summed E-state index contributed by atoms with van der Waals surface area (Å²) in [4.78, 5) is 16.1. The van der Waals surface area contributed by atoms with Crippen LogP contribution in [0.25, 0.3) is 10.8 Å². The standard InChI is InChI=1S/C25H29N3O/c1-18(23-10-6-8-19-7-4-5-9-24(19)23)26-21-15-16-28(17-21)22-13-11-20(12-14-22)25(29)27(2)3/h4-14,18,21,26H,15-17H2,1-3H3/t18-,21?/m1/s1. The minimum atomic E-state index is 0.0430. The van der Waals surface area contributed by atoms with Gasteiger partial charge in [-0.1, -0.05) is 42.5 Å². The molecule has 1 heterocycles. The van der Waals surface area contributed by atoms with Crippen molar-refractivity contribution in [3.8, 4) is 0 Å². The van der Waals surface area contributed by atoms with Crippen molar-refractivity contribution in [1.29, 1.82) is 0 Å². The van der Waals surface area contributed by atoms with E-state index in [4.69, 9.17) is 0 Å². The second kappa shape index (κ2) is 8.26. The van der Waals surface area contributed by atoms with Crippen molar-refractivity contribution >= 4 is 22.4 Å². The van der Waals surface area contributed by atoms with Gasteiger partial charge in [-0.05, 0) is 53.9 Å². The third kappa shape index (κ3) is 4.13. The number of hydrogen-bond acceptors (Lipinski definition) is 3. The van der Waals surface area contributed by atoms with Crippen molar-refractivity contribution in [2.24, 2.45) is 0 Å². The number of nitrogens with zero attached hydrogens (tertiary/aromatic N) is 2. The molecular formula is C25H29N3O. The van der Waals surface area contributed by atoms with Crippen LogP contribution in [0.3, 0.4) is 0 Å². The van der Waals surface area contributed by atoms with Crippen molar-refractivity contribution in [1.82, 2.24) is 10.2 Å². The first-order valence-corrected chi connectivity index (χ1v) is 10.3. The second-order valence-corrected chi connectivity index (χ2v) is 8.13. The molecule has 29 heavy (non-hydrogen) atoms. The van der Waals surface area contributed by atoms with E-state index in [1.165, 1.54) is 22.0 Å². The molecule has 0 aromatic heterocycles. The van der Waals surface area contributed by atoms with E-state index in [2.05, 4.69) is 71.7 Å². The normalized spacial score (nSPS) is 17.5. The van der Waals surface area contributed by atoms with Crippen molar-refractivity contribution in [3.63, 3.8) is 0 Å². The maximum absolute atomic E-state index is 12.1. The van der Waals surface area contributed by atoms with Crippen LogP contribution in [0.2, 0.25) is 0 Å². The van der Waals surface area contributed by atoms with Gasteiger partial charge in [-0.3, -0.25) is 4.79 Å². The summed E-state index contributed by atoms with van der Waals surface area (Å²) >= 11 is 0. The number of amides is 1. The molecule has 4 heteroatoms. The van der Waals surface area contributed by atoms with Gasteiger partial charge >= 0.3 is 0 Å². The Morgan fingerprint density at radius 3 is 2.52 bits per heavy atom. The molecule has 0 aliphatic carbocycles. The Balaban J connectivity index is 1.41. The fourth-order valence-corrected chi connectivity index (χ4v) is 4.28. The first kappa shape index (κ1) is 19.5. The summed E-state index contributed by atoms with van der Waals surface area (Å²) in [5, 5.41) is 6.44. The topological polar surface area (TPSA) is 35.6 Å². The number of carbonyl (C=O) groups is 1. The molecule has 0 radical (unpaired) electrons. The van der Waals surface area contributed by atoms with Gasteiger partial charge in [-0.2, -0.15) is 0 Å². The molecule has 1 amide bonds. The van der Waals surface area contributed by atoms with E-state index >= 15 is 0 Å². The van der Waals surface area contributed by atoms with Gasteiger partial charge in [-0.15, -0.1) is 0 Å². The number of benzene rings is 3. The minimum Gasteiger partial charge on any atom is -0.370 e. The van der Waals surface area contributed by atoms with Crippen molar-refractivity contribution in [3.05, 3.63) is 77.9 Å². The lowest BCUT2D eigenvalue weighted by Gasteiger charge is -2.23. The number of nitrogens with one attached hydrogen (secondary N) is 1. The fourth-order valence-electron chi connectivity index (χ4n) is 4.28. The van der Waals surface area contributed by atoms with Gasteiger partial charge in [0.15, 0.2) is 0 Å². The highest BCUT2D eigenvalue weighted by Crippen LogP contribution is 2.27. The van der Waals surface area contributed by atoms with Crippen LogP contribution in [0.15, 0.2) is 66.7 Å². The summed E-state index contributed by atoms with van der Waals surface area (Å²) < 4.78 is 0. The lowest BCUT2D eigenvalue weighted by Crippen LogP contribution is -2.34. The highest BCUT2D eigenvalue weighted by molar-refractivity contribution is 5.94. The summed E-state index contributed by atoms with van der Waals surface area (Å²) in [6, 6.07) is 23.9. The lowest BCUT2D eigenvalue weighted by molar-refractivity contribution is 0.0827. The SMILES string of the molecule is C[C@@H](NC1CCN(c2ccc(C(=O)N(C)C)cc2)C1)c1cccc2ccccc12. The van der Waals surface area contributed by atoms with Crippen LogP contribution in [0.1, 0.15) is 35.3 Å². The van der Waals surface area contributed by atoms with Crippen LogP contribution in [-0.2, 0) is 0 Å². The van der Waals surface area contributed by atoms with E-state index < -0.39 is 0 Å². The highest BCUT2D eigenvalue weighted by Gasteiger charge is 2.24. The number of rotatable bonds is 5. The predicted molar refractivity (Wildman–Crippen MR) is 121 cm³/mol.